The number of carbonyl (C=O) groups excluding carboxylic acids is 1. The van der Waals surface area contributed by atoms with Crippen molar-refractivity contribution in [2.24, 2.45) is 17.6 Å². The lowest BCUT2D eigenvalue weighted by Crippen LogP contribution is -2.46. The molecule has 0 heterocycles. The highest BCUT2D eigenvalue weighted by Gasteiger charge is 2.30. The summed E-state index contributed by atoms with van der Waals surface area (Å²) in [6, 6.07) is 0.199. The molecule has 1 amide bonds. The molecule has 2 N–H and O–H groups in total. The predicted molar refractivity (Wildman–Crippen MR) is 81.5 cm³/mol. The molecule has 0 aliphatic rings. The summed E-state index contributed by atoms with van der Waals surface area (Å²) in [4.78, 5) is 14.8. The summed E-state index contributed by atoms with van der Waals surface area (Å²) in [5.74, 6) is -0.0879. The molecule has 3 nitrogen and oxygen atoms in total. The van der Waals surface area contributed by atoms with Gasteiger partial charge in [-0.1, -0.05) is 45.8 Å². The molecule has 18 heavy (non-hydrogen) atoms. The van der Waals surface area contributed by atoms with Crippen LogP contribution < -0.4 is 5.73 Å². The molecule has 0 aromatic carbocycles. The summed E-state index contributed by atoms with van der Waals surface area (Å²) in [6.07, 6.45) is 3.35. The van der Waals surface area contributed by atoms with Crippen LogP contribution in [0.15, 0.2) is 0 Å². The quantitative estimate of drug-likeness (QED) is 0.546. The largest absolute Gasteiger partial charge is 0.393 e. The third kappa shape index (κ3) is 5.34. The van der Waals surface area contributed by atoms with Crippen LogP contribution in [0.2, 0.25) is 0 Å². The van der Waals surface area contributed by atoms with E-state index in [4.69, 9.17) is 18.0 Å². The summed E-state index contributed by atoms with van der Waals surface area (Å²) < 4.78 is 0. The Morgan fingerprint density at radius 1 is 1.22 bits per heavy atom. The first kappa shape index (κ1) is 17.4. The fraction of sp³-hybridized carbons (Fsp3) is 0.857. The molecule has 0 fully saturated rings. The third-order valence-corrected chi connectivity index (χ3v) is 3.40. The van der Waals surface area contributed by atoms with Crippen molar-refractivity contribution in [1.29, 1.82) is 0 Å². The fourth-order valence-electron chi connectivity index (χ4n) is 2.07. The molecule has 0 radical (unpaired) electrons. The van der Waals surface area contributed by atoms with Gasteiger partial charge in [0, 0.05) is 12.6 Å². The van der Waals surface area contributed by atoms with E-state index in [1.807, 2.05) is 32.6 Å². The van der Waals surface area contributed by atoms with E-state index < -0.39 is 0 Å². The van der Waals surface area contributed by atoms with Crippen LogP contribution in [0.1, 0.15) is 53.9 Å². The maximum Gasteiger partial charge on any atom is 0.232 e. The van der Waals surface area contributed by atoms with E-state index in [0.717, 1.165) is 25.8 Å². The molecule has 0 aromatic rings. The Morgan fingerprint density at radius 3 is 2.11 bits per heavy atom. The smallest absolute Gasteiger partial charge is 0.232 e. The van der Waals surface area contributed by atoms with Gasteiger partial charge < -0.3 is 10.6 Å². The molecule has 0 aromatic heterocycles. The van der Waals surface area contributed by atoms with Gasteiger partial charge >= 0.3 is 0 Å². The van der Waals surface area contributed by atoms with Crippen LogP contribution in [0.4, 0.5) is 0 Å². The van der Waals surface area contributed by atoms with E-state index in [1.54, 1.807) is 0 Å². The molecule has 0 aliphatic carbocycles. The van der Waals surface area contributed by atoms with Crippen molar-refractivity contribution in [1.82, 2.24) is 4.90 Å². The van der Waals surface area contributed by atoms with E-state index >= 15 is 0 Å². The summed E-state index contributed by atoms with van der Waals surface area (Å²) >= 11 is 5.04. The molecule has 0 bridgehead atoms. The minimum atomic E-state index is -0.330. The van der Waals surface area contributed by atoms with E-state index in [9.17, 15) is 4.79 Å². The van der Waals surface area contributed by atoms with Gasteiger partial charge in [0.25, 0.3) is 0 Å². The minimum absolute atomic E-state index is 0.0867. The van der Waals surface area contributed by atoms with Crippen LogP contribution >= 0.6 is 12.2 Å². The van der Waals surface area contributed by atoms with Gasteiger partial charge in [-0.2, -0.15) is 0 Å². The maximum atomic E-state index is 12.5. The number of carbonyl (C=O) groups is 1. The third-order valence-electron chi connectivity index (χ3n) is 3.15. The van der Waals surface area contributed by atoms with Crippen LogP contribution in [0.25, 0.3) is 0 Å². The molecule has 1 atom stereocenters. The summed E-state index contributed by atoms with van der Waals surface area (Å²) in [6.45, 7) is 11.0. The molecule has 0 aliphatic heterocycles. The molecule has 0 spiro atoms. The Morgan fingerprint density at radius 2 is 1.78 bits per heavy atom. The van der Waals surface area contributed by atoms with Crippen LogP contribution in [0.5, 0.6) is 0 Å². The number of thiocarbonyl (C=S) groups is 1. The van der Waals surface area contributed by atoms with E-state index in [1.165, 1.54) is 0 Å². The average Bonchev–Trinajstić information content (AvgIpc) is 2.22. The van der Waals surface area contributed by atoms with E-state index in [2.05, 4.69) is 6.92 Å². The molecular weight excluding hydrogens is 244 g/mol. The second-order valence-electron chi connectivity index (χ2n) is 5.46. The number of nitrogens with zero attached hydrogens (tertiary/aromatic N) is 1. The Balaban J connectivity index is 4.77. The number of nitrogens with two attached hydrogens (primary N) is 1. The van der Waals surface area contributed by atoms with Crippen LogP contribution in [-0.4, -0.2) is 28.4 Å². The lowest BCUT2D eigenvalue weighted by Gasteiger charge is -2.32. The summed E-state index contributed by atoms with van der Waals surface area (Å²) in [5, 5.41) is 0. The standard InChI is InChI=1S/C14H28N2OS/c1-6-7-8-9-16(11(4)5)14(17)12(10(2)3)13(15)18/h10-12H,6-9H2,1-5H3,(H2,15,18). The fourth-order valence-corrected chi connectivity index (χ4v) is 2.44. The second kappa shape index (κ2) is 8.46. The molecular formula is C14H28N2OS. The highest BCUT2D eigenvalue weighted by Crippen LogP contribution is 2.17. The Labute approximate surface area is 117 Å². The van der Waals surface area contributed by atoms with Crippen molar-refractivity contribution >= 4 is 23.1 Å². The van der Waals surface area contributed by atoms with Crippen LogP contribution in [0.3, 0.4) is 0 Å². The second-order valence-corrected chi connectivity index (χ2v) is 5.93. The number of rotatable bonds is 8. The SMILES string of the molecule is CCCCCN(C(=O)C(C(N)=S)C(C)C)C(C)C. The van der Waals surface area contributed by atoms with Crippen molar-refractivity contribution in [2.75, 3.05) is 6.54 Å². The van der Waals surface area contributed by atoms with E-state index in [0.29, 0.717) is 4.99 Å². The zero-order valence-electron chi connectivity index (χ0n) is 12.4. The predicted octanol–water partition coefficient (Wildman–Crippen LogP) is 2.97. The van der Waals surface area contributed by atoms with Crippen molar-refractivity contribution in [3.05, 3.63) is 0 Å². The first-order valence-electron chi connectivity index (χ1n) is 6.92. The number of unbranched alkanes of at least 4 members (excludes halogenated alkanes) is 2. The normalized spacial score (nSPS) is 12.8. The van der Waals surface area contributed by atoms with Crippen molar-refractivity contribution in [2.45, 2.75) is 59.9 Å². The maximum absolute atomic E-state index is 12.5. The first-order valence-corrected chi connectivity index (χ1v) is 7.33. The topological polar surface area (TPSA) is 46.3 Å². The number of hydrogen-bond acceptors (Lipinski definition) is 2. The Kier molecular flexibility index (Phi) is 8.16. The molecule has 4 heteroatoms. The van der Waals surface area contributed by atoms with Gasteiger partial charge in [0.15, 0.2) is 0 Å². The Bertz CT molecular complexity index is 277. The lowest BCUT2D eigenvalue weighted by molar-refractivity contribution is -0.136. The summed E-state index contributed by atoms with van der Waals surface area (Å²) in [5.41, 5.74) is 5.72. The van der Waals surface area contributed by atoms with Crippen LogP contribution in [-0.2, 0) is 4.79 Å². The first-order chi connectivity index (χ1) is 8.32. The molecule has 0 rings (SSSR count). The van der Waals surface area contributed by atoms with Crippen molar-refractivity contribution in [3.8, 4) is 0 Å². The highest BCUT2D eigenvalue weighted by atomic mass is 32.1. The van der Waals surface area contributed by atoms with Gasteiger partial charge in [-0.15, -0.1) is 0 Å². The zero-order chi connectivity index (χ0) is 14.3. The van der Waals surface area contributed by atoms with Gasteiger partial charge in [-0.3, -0.25) is 4.79 Å². The van der Waals surface area contributed by atoms with E-state index in [-0.39, 0.29) is 23.8 Å². The summed E-state index contributed by atoms with van der Waals surface area (Å²) in [7, 11) is 0. The van der Waals surface area contributed by atoms with Gasteiger partial charge in [-0.25, -0.2) is 0 Å². The molecule has 0 saturated heterocycles. The van der Waals surface area contributed by atoms with Crippen LogP contribution in [0, 0.1) is 11.8 Å². The van der Waals surface area contributed by atoms with Crippen molar-refractivity contribution in [3.63, 3.8) is 0 Å². The van der Waals surface area contributed by atoms with Gasteiger partial charge in [0.1, 0.15) is 0 Å². The van der Waals surface area contributed by atoms with Gasteiger partial charge in [0.05, 0.1) is 10.9 Å². The minimum Gasteiger partial charge on any atom is -0.393 e. The highest BCUT2D eigenvalue weighted by molar-refractivity contribution is 7.80. The average molecular weight is 272 g/mol. The number of amides is 1. The monoisotopic (exact) mass is 272 g/mol. The molecule has 0 saturated carbocycles. The zero-order valence-corrected chi connectivity index (χ0v) is 13.2. The Hall–Kier alpha value is -0.640. The van der Waals surface area contributed by atoms with Gasteiger partial charge in [-0.05, 0) is 26.2 Å². The molecule has 1 unspecified atom stereocenters. The van der Waals surface area contributed by atoms with Crippen molar-refractivity contribution < 1.29 is 4.79 Å². The number of hydrogen-bond donors (Lipinski definition) is 1. The van der Waals surface area contributed by atoms with Gasteiger partial charge in [0.2, 0.25) is 5.91 Å². The lowest BCUT2D eigenvalue weighted by atomic mass is 9.93. The molecule has 106 valence electrons.